The molecule has 15 heavy (non-hydrogen) atoms. The highest BCUT2D eigenvalue weighted by Crippen LogP contribution is 2.19. The zero-order valence-corrected chi connectivity index (χ0v) is 10.2. The van der Waals surface area contributed by atoms with Crippen LogP contribution in [-0.2, 0) is 11.2 Å². The lowest BCUT2D eigenvalue weighted by molar-refractivity contribution is 0.0422. The molecular weight excluding hydrogens is 254 g/mol. The van der Waals surface area contributed by atoms with Crippen molar-refractivity contribution < 1.29 is 4.74 Å². The van der Waals surface area contributed by atoms with Gasteiger partial charge in [-0.1, -0.05) is 28.1 Å². The van der Waals surface area contributed by atoms with E-state index < -0.39 is 0 Å². The van der Waals surface area contributed by atoms with Gasteiger partial charge in [0, 0.05) is 23.0 Å². The van der Waals surface area contributed by atoms with Crippen LogP contribution in [0.1, 0.15) is 12.0 Å². The van der Waals surface area contributed by atoms with Crippen LogP contribution in [0.15, 0.2) is 28.7 Å². The minimum absolute atomic E-state index is 0.294. The van der Waals surface area contributed by atoms with Crippen molar-refractivity contribution in [1.82, 2.24) is 0 Å². The van der Waals surface area contributed by atoms with Crippen molar-refractivity contribution in [2.45, 2.75) is 18.9 Å². The quantitative estimate of drug-likeness (QED) is 0.895. The Kier molecular flexibility index (Phi) is 3.78. The SMILES string of the molecule is N[C@H]1CCOC[C@H]1Cc1ccc(Br)cc1. The second-order valence-corrected chi connectivity index (χ2v) is 5.03. The standard InChI is InChI=1S/C12H16BrNO/c13-11-3-1-9(2-4-11)7-10-8-15-6-5-12(10)14/h1-4,10,12H,5-8,14H2/t10-,12+/m1/s1. The largest absolute Gasteiger partial charge is 0.381 e. The topological polar surface area (TPSA) is 35.2 Å². The van der Waals surface area contributed by atoms with E-state index in [9.17, 15) is 0 Å². The number of hydrogen-bond donors (Lipinski definition) is 1. The highest BCUT2D eigenvalue weighted by molar-refractivity contribution is 9.10. The van der Waals surface area contributed by atoms with Crippen LogP contribution in [0.25, 0.3) is 0 Å². The Morgan fingerprint density at radius 1 is 1.33 bits per heavy atom. The first-order valence-electron chi connectivity index (χ1n) is 5.33. The molecule has 0 bridgehead atoms. The van der Waals surface area contributed by atoms with Crippen molar-refractivity contribution >= 4 is 15.9 Å². The summed E-state index contributed by atoms with van der Waals surface area (Å²) in [6.07, 6.45) is 2.01. The lowest BCUT2D eigenvalue weighted by Gasteiger charge is -2.28. The second-order valence-electron chi connectivity index (χ2n) is 4.12. The van der Waals surface area contributed by atoms with E-state index in [1.165, 1.54) is 5.56 Å². The minimum Gasteiger partial charge on any atom is -0.381 e. The van der Waals surface area contributed by atoms with E-state index in [1.54, 1.807) is 0 Å². The zero-order chi connectivity index (χ0) is 10.7. The fourth-order valence-corrected chi connectivity index (χ4v) is 2.21. The van der Waals surface area contributed by atoms with Crippen LogP contribution in [0.5, 0.6) is 0 Å². The Balaban J connectivity index is 1.98. The fourth-order valence-electron chi connectivity index (χ4n) is 1.95. The van der Waals surface area contributed by atoms with Gasteiger partial charge in [-0.05, 0) is 30.5 Å². The molecule has 1 aromatic carbocycles. The molecule has 0 aromatic heterocycles. The van der Waals surface area contributed by atoms with Crippen LogP contribution in [0, 0.1) is 5.92 Å². The highest BCUT2D eigenvalue weighted by Gasteiger charge is 2.22. The van der Waals surface area contributed by atoms with Crippen molar-refractivity contribution in [3.63, 3.8) is 0 Å². The third kappa shape index (κ3) is 3.03. The molecular formula is C12H16BrNO. The van der Waals surface area contributed by atoms with Gasteiger partial charge in [0.1, 0.15) is 0 Å². The molecule has 0 aliphatic carbocycles. The van der Waals surface area contributed by atoms with Gasteiger partial charge in [-0.3, -0.25) is 0 Å². The highest BCUT2D eigenvalue weighted by atomic mass is 79.9. The van der Waals surface area contributed by atoms with Crippen molar-refractivity contribution in [2.75, 3.05) is 13.2 Å². The van der Waals surface area contributed by atoms with Gasteiger partial charge >= 0.3 is 0 Å². The first-order chi connectivity index (χ1) is 7.25. The summed E-state index contributed by atoms with van der Waals surface area (Å²) in [6, 6.07) is 8.73. The van der Waals surface area contributed by atoms with Crippen LogP contribution in [0.3, 0.4) is 0 Å². The molecule has 2 rings (SSSR count). The van der Waals surface area contributed by atoms with Crippen LogP contribution in [-0.4, -0.2) is 19.3 Å². The Hall–Kier alpha value is -0.380. The van der Waals surface area contributed by atoms with Crippen LogP contribution in [0.4, 0.5) is 0 Å². The van der Waals surface area contributed by atoms with Crippen LogP contribution >= 0.6 is 15.9 Å². The molecule has 0 amide bonds. The summed E-state index contributed by atoms with van der Waals surface area (Å²) in [5, 5.41) is 0. The Labute approximate surface area is 98.9 Å². The minimum atomic E-state index is 0.294. The van der Waals surface area contributed by atoms with E-state index in [-0.39, 0.29) is 0 Å². The maximum absolute atomic E-state index is 6.07. The number of benzene rings is 1. The molecule has 0 spiro atoms. The van der Waals surface area contributed by atoms with E-state index in [4.69, 9.17) is 10.5 Å². The first-order valence-corrected chi connectivity index (χ1v) is 6.13. The lowest BCUT2D eigenvalue weighted by Crippen LogP contribution is -2.39. The Morgan fingerprint density at radius 3 is 2.73 bits per heavy atom. The average Bonchev–Trinajstić information content (AvgIpc) is 2.25. The summed E-state index contributed by atoms with van der Waals surface area (Å²) in [6.45, 7) is 1.62. The molecule has 0 radical (unpaired) electrons. The third-order valence-corrected chi connectivity index (χ3v) is 3.47. The van der Waals surface area contributed by atoms with E-state index in [0.29, 0.717) is 12.0 Å². The summed E-state index contributed by atoms with van der Waals surface area (Å²) in [7, 11) is 0. The lowest BCUT2D eigenvalue weighted by atomic mass is 9.90. The van der Waals surface area contributed by atoms with E-state index in [1.807, 2.05) is 0 Å². The first kappa shape index (κ1) is 11.1. The predicted octanol–water partition coefficient (Wildman–Crippen LogP) is 2.36. The van der Waals surface area contributed by atoms with E-state index in [0.717, 1.165) is 30.5 Å². The number of rotatable bonds is 2. The Morgan fingerprint density at radius 2 is 2.07 bits per heavy atom. The van der Waals surface area contributed by atoms with Gasteiger partial charge in [0.2, 0.25) is 0 Å². The van der Waals surface area contributed by atoms with E-state index >= 15 is 0 Å². The van der Waals surface area contributed by atoms with Crippen molar-refractivity contribution in [2.24, 2.45) is 11.7 Å². The van der Waals surface area contributed by atoms with Gasteiger partial charge in [-0.15, -0.1) is 0 Å². The zero-order valence-electron chi connectivity index (χ0n) is 8.66. The number of nitrogens with two attached hydrogens (primary N) is 1. The summed E-state index contributed by atoms with van der Waals surface area (Å²) < 4.78 is 6.58. The van der Waals surface area contributed by atoms with Crippen LogP contribution < -0.4 is 5.73 Å². The molecule has 1 saturated heterocycles. The normalized spacial score (nSPS) is 26.5. The van der Waals surface area contributed by atoms with Crippen LogP contribution in [0.2, 0.25) is 0 Å². The van der Waals surface area contributed by atoms with Gasteiger partial charge in [0.25, 0.3) is 0 Å². The number of ether oxygens (including phenoxy) is 1. The summed E-state index contributed by atoms with van der Waals surface area (Å²) in [4.78, 5) is 0. The van der Waals surface area contributed by atoms with Gasteiger partial charge in [0.05, 0.1) is 6.61 Å². The molecule has 2 atom stereocenters. The molecule has 1 heterocycles. The second kappa shape index (κ2) is 5.10. The molecule has 1 aliphatic rings. The summed E-state index contributed by atoms with van der Waals surface area (Å²) in [5.74, 6) is 0.472. The van der Waals surface area contributed by atoms with Gasteiger partial charge in [-0.25, -0.2) is 0 Å². The maximum atomic E-state index is 6.07. The van der Waals surface area contributed by atoms with Crippen molar-refractivity contribution in [3.05, 3.63) is 34.3 Å². The predicted molar refractivity (Wildman–Crippen MR) is 64.7 cm³/mol. The molecule has 1 aromatic rings. The molecule has 2 nitrogen and oxygen atoms in total. The van der Waals surface area contributed by atoms with E-state index in [2.05, 4.69) is 40.2 Å². The molecule has 82 valence electrons. The van der Waals surface area contributed by atoms with Gasteiger partial charge < -0.3 is 10.5 Å². The van der Waals surface area contributed by atoms with Gasteiger partial charge in [0.15, 0.2) is 0 Å². The fraction of sp³-hybridized carbons (Fsp3) is 0.500. The van der Waals surface area contributed by atoms with Crippen molar-refractivity contribution in [1.29, 1.82) is 0 Å². The molecule has 0 unspecified atom stereocenters. The smallest absolute Gasteiger partial charge is 0.0512 e. The third-order valence-electron chi connectivity index (χ3n) is 2.94. The summed E-state index contributed by atoms with van der Waals surface area (Å²) in [5.41, 5.74) is 7.40. The Bertz CT molecular complexity index is 312. The van der Waals surface area contributed by atoms with Gasteiger partial charge in [-0.2, -0.15) is 0 Å². The molecule has 1 fully saturated rings. The summed E-state index contributed by atoms with van der Waals surface area (Å²) >= 11 is 3.43. The molecule has 2 N–H and O–H groups in total. The monoisotopic (exact) mass is 269 g/mol. The number of hydrogen-bond acceptors (Lipinski definition) is 2. The molecule has 1 aliphatic heterocycles. The molecule has 3 heteroatoms. The number of halogens is 1. The maximum Gasteiger partial charge on any atom is 0.0512 e. The molecule has 0 saturated carbocycles. The average molecular weight is 270 g/mol. The van der Waals surface area contributed by atoms with Crippen molar-refractivity contribution in [3.8, 4) is 0 Å².